The molecular formula is C90H91N9+2. The van der Waals surface area contributed by atoms with Crippen LogP contribution in [0.5, 0.6) is 0 Å². The van der Waals surface area contributed by atoms with Gasteiger partial charge in [0.15, 0.2) is 6.04 Å². The molecule has 0 bridgehead atoms. The summed E-state index contributed by atoms with van der Waals surface area (Å²) in [7, 11) is 16.7. The summed E-state index contributed by atoms with van der Waals surface area (Å²) in [6.45, 7) is 1.99. The third-order valence-electron chi connectivity index (χ3n) is 19.0. The van der Waals surface area contributed by atoms with Crippen molar-refractivity contribution in [2.45, 2.75) is 45.1 Å². The highest BCUT2D eigenvalue weighted by Crippen LogP contribution is 2.42. The van der Waals surface area contributed by atoms with Crippen LogP contribution in [0.4, 0.5) is 39.8 Å². The van der Waals surface area contributed by atoms with E-state index in [-0.39, 0.29) is 0 Å². The summed E-state index contributed by atoms with van der Waals surface area (Å²) < 4.78 is 0. The van der Waals surface area contributed by atoms with Gasteiger partial charge in [-0.25, -0.2) is 9.98 Å². The number of anilines is 6. The molecule has 4 aliphatic carbocycles. The Morgan fingerprint density at radius 3 is 1.04 bits per heavy atom. The first-order valence-corrected chi connectivity index (χ1v) is 34.4. The predicted molar refractivity (Wildman–Crippen MR) is 424 cm³/mol. The SMILES string of the molecule is CC1=CC(=C(c2ccc(N)cc2)c2ccc(N)cc2)c2ccccc2C1=N.CN(C)c1ccc(C(=C2C=CC(=[NH+]C3CCCCC3)c3ccccc32)c2ccc(N(C)C)cc2)cc1.CN(C)c1ccc(C(=C2C=CC(=[NH+]c3ccccc3)c3ccccc32)c2ccc(N(C)C)cc2)cc1. The van der Waals surface area contributed by atoms with Crippen LogP contribution in [-0.4, -0.2) is 79.6 Å². The maximum Gasteiger partial charge on any atom is 0.211 e. The molecule has 9 heteroatoms. The highest BCUT2D eigenvalue weighted by molar-refractivity contribution is 6.21. The van der Waals surface area contributed by atoms with Gasteiger partial charge in [0.2, 0.25) is 17.1 Å². The van der Waals surface area contributed by atoms with Crippen molar-refractivity contribution >= 4 is 90.4 Å². The van der Waals surface area contributed by atoms with Gasteiger partial charge in [-0.2, -0.15) is 0 Å². The lowest BCUT2D eigenvalue weighted by atomic mass is 9.81. The molecule has 0 radical (unpaired) electrons. The second-order valence-corrected chi connectivity index (χ2v) is 26.7. The minimum atomic E-state index is 0.573. The molecule has 4 aliphatic rings. The van der Waals surface area contributed by atoms with Crippen LogP contribution in [0.15, 0.2) is 285 Å². The molecule has 10 aromatic rings. The summed E-state index contributed by atoms with van der Waals surface area (Å²) in [5, 5.41) is 8.45. The van der Waals surface area contributed by atoms with Crippen LogP contribution in [-0.2, 0) is 0 Å². The Bertz CT molecular complexity index is 4630. The maximum atomic E-state index is 8.45. The number of nitrogens with zero attached hydrogens (tertiary/aromatic N) is 4. The van der Waals surface area contributed by atoms with E-state index in [1.54, 1.807) is 0 Å². The van der Waals surface area contributed by atoms with Crippen molar-refractivity contribution in [3.63, 3.8) is 0 Å². The van der Waals surface area contributed by atoms with Gasteiger partial charge < -0.3 is 31.1 Å². The molecule has 99 heavy (non-hydrogen) atoms. The normalized spacial score (nSPS) is 14.5. The van der Waals surface area contributed by atoms with E-state index in [4.69, 9.17) is 16.9 Å². The van der Waals surface area contributed by atoms with E-state index >= 15 is 0 Å². The molecule has 494 valence electrons. The van der Waals surface area contributed by atoms with Crippen LogP contribution in [0.3, 0.4) is 0 Å². The van der Waals surface area contributed by atoms with Crippen LogP contribution in [0, 0.1) is 5.41 Å². The Labute approximate surface area is 586 Å². The van der Waals surface area contributed by atoms with Crippen molar-refractivity contribution < 1.29 is 9.98 Å². The van der Waals surface area contributed by atoms with E-state index in [0.29, 0.717) is 11.8 Å². The Morgan fingerprint density at radius 1 is 0.343 bits per heavy atom. The fraction of sp³-hybridized carbons (Fsp3) is 0.167. The van der Waals surface area contributed by atoms with Crippen LogP contribution in [0.2, 0.25) is 0 Å². The van der Waals surface area contributed by atoms with E-state index in [1.165, 1.54) is 127 Å². The molecule has 0 aliphatic heterocycles. The molecule has 1 saturated carbocycles. The van der Waals surface area contributed by atoms with Crippen LogP contribution in [0.1, 0.15) is 106 Å². The summed E-state index contributed by atoms with van der Waals surface area (Å²) in [4.78, 5) is 16.1. The van der Waals surface area contributed by atoms with E-state index in [0.717, 1.165) is 61.7 Å². The Balaban J connectivity index is 0.000000143. The number of benzene rings is 10. The van der Waals surface area contributed by atoms with E-state index in [9.17, 15) is 0 Å². The Morgan fingerprint density at radius 2 is 0.657 bits per heavy atom. The topological polar surface area (TPSA) is 117 Å². The molecule has 0 aromatic heterocycles. The first-order chi connectivity index (χ1) is 48.1. The van der Waals surface area contributed by atoms with Gasteiger partial charge in [-0.1, -0.05) is 158 Å². The monoisotopic (exact) mass is 1300 g/mol. The number of nitrogens with two attached hydrogens (primary N) is 2. The number of nitrogen functional groups attached to an aromatic ring is 2. The first-order valence-electron chi connectivity index (χ1n) is 34.4. The largest absolute Gasteiger partial charge is 0.399 e. The Kier molecular flexibility index (Phi) is 20.9. The molecule has 0 saturated heterocycles. The number of para-hydroxylation sites is 1. The van der Waals surface area contributed by atoms with Gasteiger partial charge in [0, 0.05) is 133 Å². The molecule has 0 unspecified atom stereocenters. The summed E-state index contributed by atoms with van der Waals surface area (Å²) in [6, 6.07) is 88.0. The highest BCUT2D eigenvalue weighted by atomic mass is 15.1. The fourth-order valence-corrected chi connectivity index (χ4v) is 13.6. The smallest absolute Gasteiger partial charge is 0.211 e. The summed E-state index contributed by atoms with van der Waals surface area (Å²) in [5.41, 5.74) is 44.3. The number of fused-ring (bicyclic) bond motifs is 3. The molecule has 7 N–H and O–H groups in total. The molecule has 0 spiro atoms. The standard InChI is InChI=1S/C33H37N3.C33H31N3.C24H21N3/c2*1-35(2)27-18-14-24(15-19-27)33(25-16-20-28(21-17-25)36(3)4)31-22-23-32(30-13-9-8-12-29(30)31)34-26-10-6-5-7-11-26;1-15-14-22(20-4-2-3-5-21(20)24(15)27)23(16-6-10-18(25)11-7-16)17-8-12-19(26)13-9-17/h8-9,12-23,26H,5-7,10-11H2,1-4H3;5-23H,1-4H3;2-14,27H,25-26H2,1H3/p+2. The van der Waals surface area contributed by atoms with Crippen molar-refractivity contribution in [1.82, 2.24) is 0 Å². The Hall–Kier alpha value is -11.6. The average molecular weight is 1300 g/mol. The third kappa shape index (κ3) is 15.5. The van der Waals surface area contributed by atoms with Gasteiger partial charge in [0.25, 0.3) is 0 Å². The van der Waals surface area contributed by atoms with E-state index in [2.05, 4.69) is 292 Å². The van der Waals surface area contributed by atoms with Gasteiger partial charge in [-0.15, -0.1) is 0 Å². The molecule has 14 rings (SSSR count). The average Bonchev–Trinajstić information content (AvgIpc) is 0.779. The zero-order valence-electron chi connectivity index (χ0n) is 58.6. The van der Waals surface area contributed by atoms with Gasteiger partial charge in [-0.3, -0.25) is 5.41 Å². The highest BCUT2D eigenvalue weighted by Gasteiger charge is 2.28. The van der Waals surface area contributed by atoms with Crippen molar-refractivity contribution in [1.29, 1.82) is 5.41 Å². The maximum absolute atomic E-state index is 8.45. The summed E-state index contributed by atoms with van der Waals surface area (Å²) in [6.07, 6.45) is 17.7. The number of nitrogens with one attached hydrogen (secondary N) is 3. The molecule has 10 aromatic carbocycles. The zero-order chi connectivity index (χ0) is 69.1. The lowest BCUT2D eigenvalue weighted by Gasteiger charge is -2.22. The van der Waals surface area contributed by atoms with Crippen LogP contribution >= 0.6 is 0 Å². The number of rotatable bonds is 12. The van der Waals surface area contributed by atoms with Gasteiger partial charge >= 0.3 is 0 Å². The quantitative estimate of drug-likeness (QED) is 0.0778. The molecule has 0 atom stereocenters. The number of hydrogen-bond acceptors (Lipinski definition) is 7. The van der Waals surface area contributed by atoms with Crippen LogP contribution < -0.4 is 41.1 Å². The molecule has 9 nitrogen and oxygen atoms in total. The third-order valence-corrected chi connectivity index (χ3v) is 19.0. The van der Waals surface area contributed by atoms with E-state index in [1.807, 2.05) is 79.7 Å². The van der Waals surface area contributed by atoms with E-state index < -0.39 is 0 Å². The van der Waals surface area contributed by atoms with Crippen molar-refractivity contribution in [2.75, 3.05) is 87.4 Å². The second kappa shape index (κ2) is 30.7. The second-order valence-electron chi connectivity index (χ2n) is 26.7. The predicted octanol–water partition coefficient (Wildman–Crippen LogP) is 16.2. The van der Waals surface area contributed by atoms with Gasteiger partial charge in [0.05, 0.1) is 16.8 Å². The molecule has 1 fully saturated rings. The molecule has 0 heterocycles. The fourth-order valence-electron chi connectivity index (χ4n) is 13.6. The first kappa shape index (κ1) is 67.4. The number of allylic oxidation sites excluding steroid dienone is 9. The minimum absolute atomic E-state index is 0.573. The lowest BCUT2D eigenvalue weighted by Crippen LogP contribution is -2.80. The molecular weight excluding hydrogens is 1210 g/mol. The number of hydrogen-bond donors (Lipinski definition) is 5. The van der Waals surface area contributed by atoms with Crippen molar-refractivity contribution in [2.24, 2.45) is 0 Å². The van der Waals surface area contributed by atoms with Gasteiger partial charge in [0.1, 0.15) is 0 Å². The van der Waals surface area contributed by atoms with Gasteiger partial charge in [-0.05, 0) is 212 Å². The summed E-state index contributed by atoms with van der Waals surface area (Å²) >= 11 is 0. The van der Waals surface area contributed by atoms with Crippen molar-refractivity contribution in [3.8, 4) is 0 Å². The lowest BCUT2D eigenvalue weighted by molar-refractivity contribution is -0.506. The van der Waals surface area contributed by atoms with Crippen molar-refractivity contribution in [3.05, 3.63) is 351 Å². The van der Waals surface area contributed by atoms with Crippen LogP contribution in [0.25, 0.3) is 33.4 Å². The molecule has 0 amide bonds. The zero-order valence-corrected chi connectivity index (χ0v) is 58.6. The summed E-state index contributed by atoms with van der Waals surface area (Å²) in [5.74, 6) is 0. The minimum Gasteiger partial charge on any atom is -0.399 e.